The highest BCUT2D eigenvalue weighted by Gasteiger charge is 2.33. The third-order valence-corrected chi connectivity index (χ3v) is 8.19. The molecule has 1 aliphatic heterocycles. The van der Waals surface area contributed by atoms with E-state index in [1.165, 1.54) is 4.88 Å². The van der Waals surface area contributed by atoms with Gasteiger partial charge in [0.2, 0.25) is 0 Å². The van der Waals surface area contributed by atoms with E-state index < -0.39 is 0 Å². The minimum absolute atomic E-state index is 0.130. The lowest BCUT2D eigenvalue weighted by Gasteiger charge is -2.33. The summed E-state index contributed by atoms with van der Waals surface area (Å²) >= 11 is 0. The Balaban J connectivity index is 1.49. The van der Waals surface area contributed by atoms with Crippen LogP contribution in [0.3, 0.4) is 0 Å². The molecule has 0 unspecified atom stereocenters. The van der Waals surface area contributed by atoms with Crippen molar-refractivity contribution in [2.24, 2.45) is 4.99 Å². The molecule has 0 saturated heterocycles. The Hall–Kier alpha value is -3.42. The molecule has 0 aliphatic carbocycles. The zero-order valence-corrected chi connectivity index (χ0v) is 20.1. The van der Waals surface area contributed by atoms with Gasteiger partial charge in [-0.3, -0.25) is 4.79 Å². The summed E-state index contributed by atoms with van der Waals surface area (Å²) in [5.74, 6) is 0.691. The number of carbonyl (C=O) groups excluding carboxylic acids is 1. The maximum absolute atomic E-state index is 12.4. The second-order valence-corrected chi connectivity index (χ2v) is 10.4. The van der Waals surface area contributed by atoms with Gasteiger partial charge in [-0.05, 0) is 68.4 Å². The van der Waals surface area contributed by atoms with Crippen molar-refractivity contribution in [3.63, 3.8) is 0 Å². The smallest absolute Gasteiger partial charge is 0.255 e. The van der Waals surface area contributed by atoms with Crippen molar-refractivity contribution in [3.05, 3.63) is 87.9 Å². The van der Waals surface area contributed by atoms with E-state index in [9.17, 15) is 4.79 Å². The Bertz CT molecular complexity index is 1390. The van der Waals surface area contributed by atoms with Crippen LogP contribution < -0.4 is 20.0 Å². The minimum atomic E-state index is -0.183. The largest absolute Gasteiger partial charge is 0.497 e. The first-order chi connectivity index (χ1) is 15.9. The lowest BCUT2D eigenvalue weighted by Crippen LogP contribution is -2.31. The van der Waals surface area contributed by atoms with Crippen LogP contribution in [0, 0.1) is 0 Å². The van der Waals surface area contributed by atoms with Gasteiger partial charge in [0.25, 0.3) is 5.91 Å². The Labute approximate surface area is 199 Å². The molecule has 4 aromatic rings. The molecule has 5 rings (SSSR count). The Morgan fingerprint density at radius 1 is 1.00 bits per heavy atom. The van der Waals surface area contributed by atoms with E-state index in [4.69, 9.17) is 9.73 Å². The zero-order valence-electron chi connectivity index (χ0n) is 18.5. The number of benzene rings is 3. The number of rotatable bonds is 4. The Morgan fingerprint density at radius 3 is 2.48 bits per heavy atom. The standard InChI is InChI=1S/C26H23N3O2S2/c1-26(2)23-22(20-15-19(31-3)13-14-21(20)29-26)25(33-32-23)28-18-11-9-17(10-12-18)27-24(30)16-7-5-4-6-8-16/h4-15,29H,1-3H3,(H,27,30). The highest BCUT2D eigenvalue weighted by Crippen LogP contribution is 2.46. The summed E-state index contributed by atoms with van der Waals surface area (Å²) in [5.41, 5.74) is 5.36. The van der Waals surface area contributed by atoms with Gasteiger partial charge in [0.05, 0.1) is 23.2 Å². The third kappa shape index (κ3) is 4.17. The molecule has 5 nitrogen and oxygen atoms in total. The number of ether oxygens (including phenoxy) is 1. The molecule has 2 heterocycles. The molecule has 0 spiro atoms. The monoisotopic (exact) mass is 473 g/mol. The molecule has 166 valence electrons. The first kappa shape index (κ1) is 21.4. The SMILES string of the molecule is COc1ccc2c(c1)-c1c(ssc1=Nc1ccc(NC(=O)c3ccccc3)cc1)C(C)(C)N2. The third-order valence-electron chi connectivity index (χ3n) is 5.55. The van der Waals surface area contributed by atoms with Crippen molar-refractivity contribution in [1.29, 1.82) is 0 Å². The van der Waals surface area contributed by atoms with E-state index in [1.807, 2.05) is 48.5 Å². The number of nitrogens with one attached hydrogen (secondary N) is 2. The van der Waals surface area contributed by atoms with Gasteiger partial charge in [0.1, 0.15) is 10.4 Å². The summed E-state index contributed by atoms with van der Waals surface area (Å²) in [7, 11) is 5.11. The Morgan fingerprint density at radius 2 is 1.76 bits per heavy atom. The van der Waals surface area contributed by atoms with Gasteiger partial charge in [-0.2, -0.15) is 0 Å². The quantitative estimate of drug-likeness (QED) is 0.327. The fourth-order valence-electron chi connectivity index (χ4n) is 3.88. The zero-order chi connectivity index (χ0) is 23.0. The van der Waals surface area contributed by atoms with Crippen LogP contribution in [-0.4, -0.2) is 13.0 Å². The van der Waals surface area contributed by atoms with E-state index >= 15 is 0 Å². The predicted octanol–water partition coefficient (Wildman–Crippen LogP) is 6.63. The molecule has 33 heavy (non-hydrogen) atoms. The molecule has 0 atom stereocenters. The van der Waals surface area contributed by atoms with Gasteiger partial charge >= 0.3 is 0 Å². The second-order valence-electron chi connectivity index (χ2n) is 8.32. The van der Waals surface area contributed by atoms with Gasteiger partial charge in [0.15, 0.2) is 0 Å². The van der Waals surface area contributed by atoms with E-state index in [2.05, 4.69) is 36.6 Å². The van der Waals surface area contributed by atoms with E-state index in [-0.39, 0.29) is 11.4 Å². The second kappa shape index (κ2) is 8.50. The first-order valence-electron chi connectivity index (χ1n) is 10.6. The van der Waals surface area contributed by atoms with E-state index in [0.29, 0.717) is 5.56 Å². The highest BCUT2D eigenvalue weighted by molar-refractivity contribution is 7.68. The van der Waals surface area contributed by atoms with Crippen molar-refractivity contribution < 1.29 is 9.53 Å². The summed E-state index contributed by atoms with van der Waals surface area (Å²) in [6.45, 7) is 4.38. The molecular formula is C26H23N3O2S2. The van der Waals surface area contributed by atoms with Crippen LogP contribution >= 0.6 is 20.7 Å². The number of anilines is 2. The summed E-state index contributed by atoms with van der Waals surface area (Å²) < 4.78 is 6.45. The topological polar surface area (TPSA) is 62.7 Å². The summed E-state index contributed by atoms with van der Waals surface area (Å²) in [6, 6.07) is 22.9. The number of nitrogens with zero attached hydrogens (tertiary/aromatic N) is 1. The van der Waals surface area contributed by atoms with Gasteiger partial charge in [-0.15, -0.1) is 0 Å². The van der Waals surface area contributed by atoms with Gasteiger partial charge < -0.3 is 15.4 Å². The van der Waals surface area contributed by atoms with Crippen molar-refractivity contribution in [2.45, 2.75) is 19.4 Å². The van der Waals surface area contributed by atoms with Crippen molar-refractivity contribution in [1.82, 2.24) is 0 Å². The number of hydrogen-bond acceptors (Lipinski definition) is 6. The number of methoxy groups -OCH3 is 1. The minimum Gasteiger partial charge on any atom is -0.497 e. The highest BCUT2D eigenvalue weighted by atomic mass is 32.9. The molecule has 0 radical (unpaired) electrons. The van der Waals surface area contributed by atoms with Gasteiger partial charge in [-0.1, -0.05) is 38.9 Å². The number of carbonyl (C=O) groups is 1. The number of amides is 1. The molecular weight excluding hydrogens is 450 g/mol. The van der Waals surface area contributed by atoms with Crippen LogP contribution in [0.25, 0.3) is 11.1 Å². The average molecular weight is 474 g/mol. The molecule has 0 bridgehead atoms. The van der Waals surface area contributed by atoms with Gasteiger partial charge in [-0.25, -0.2) is 4.99 Å². The molecule has 1 amide bonds. The van der Waals surface area contributed by atoms with E-state index in [1.54, 1.807) is 39.9 Å². The maximum Gasteiger partial charge on any atom is 0.255 e. The molecule has 0 saturated carbocycles. The molecule has 3 aromatic carbocycles. The molecule has 7 heteroatoms. The normalized spacial score (nSPS) is 14.1. The molecule has 2 N–H and O–H groups in total. The van der Waals surface area contributed by atoms with Crippen LogP contribution in [-0.2, 0) is 5.54 Å². The van der Waals surface area contributed by atoms with Crippen LogP contribution in [0.15, 0.2) is 77.8 Å². The molecule has 1 aromatic heterocycles. The fraction of sp³-hybridized carbons (Fsp3) is 0.154. The lowest BCUT2D eigenvalue weighted by molar-refractivity contribution is 0.102. The number of hydrogen-bond donors (Lipinski definition) is 2. The Kier molecular flexibility index (Phi) is 5.52. The van der Waals surface area contributed by atoms with Crippen molar-refractivity contribution in [3.8, 4) is 16.9 Å². The van der Waals surface area contributed by atoms with Crippen LogP contribution in [0.2, 0.25) is 0 Å². The van der Waals surface area contributed by atoms with E-state index in [0.717, 1.165) is 38.6 Å². The van der Waals surface area contributed by atoms with Gasteiger partial charge in [0, 0.05) is 28.1 Å². The molecule has 0 fully saturated rings. The summed E-state index contributed by atoms with van der Waals surface area (Å²) in [6.07, 6.45) is 0. The first-order valence-corrected chi connectivity index (χ1v) is 12.7. The summed E-state index contributed by atoms with van der Waals surface area (Å²) in [5, 5.41) is 6.57. The lowest BCUT2D eigenvalue weighted by atomic mass is 9.90. The van der Waals surface area contributed by atoms with Crippen molar-refractivity contribution >= 4 is 43.7 Å². The van der Waals surface area contributed by atoms with Crippen molar-refractivity contribution in [2.75, 3.05) is 17.7 Å². The fourth-order valence-corrected chi connectivity index (χ4v) is 6.82. The predicted molar refractivity (Wildman–Crippen MR) is 137 cm³/mol. The van der Waals surface area contributed by atoms with Crippen LogP contribution in [0.4, 0.5) is 17.1 Å². The number of fused-ring (bicyclic) bond motifs is 3. The maximum atomic E-state index is 12.4. The molecule has 1 aliphatic rings. The summed E-state index contributed by atoms with van der Waals surface area (Å²) in [4.78, 5) is 18.6. The van der Waals surface area contributed by atoms with Crippen LogP contribution in [0.1, 0.15) is 29.1 Å². The average Bonchev–Trinajstić information content (AvgIpc) is 3.25. The van der Waals surface area contributed by atoms with Crippen LogP contribution in [0.5, 0.6) is 5.75 Å².